The first-order chi connectivity index (χ1) is 9.70. The highest BCUT2D eigenvalue weighted by molar-refractivity contribution is 5.89. The summed E-state index contributed by atoms with van der Waals surface area (Å²) in [5, 5.41) is 5.73. The molecule has 21 heavy (non-hydrogen) atoms. The third-order valence-corrected chi connectivity index (χ3v) is 3.02. The molecule has 0 aliphatic rings. The van der Waals surface area contributed by atoms with E-state index < -0.39 is 11.5 Å². The predicted octanol–water partition coefficient (Wildman–Crippen LogP) is 2.28. The molecular weight excluding hydrogens is 264 g/mol. The second-order valence-electron chi connectivity index (χ2n) is 6.63. The molecule has 1 aromatic carbocycles. The zero-order chi connectivity index (χ0) is 16.0. The van der Waals surface area contributed by atoms with Gasteiger partial charge in [0.05, 0.1) is 0 Å². The minimum Gasteiger partial charge on any atom is -0.352 e. The maximum absolute atomic E-state index is 12.3. The van der Waals surface area contributed by atoms with Gasteiger partial charge >= 0.3 is 0 Å². The van der Waals surface area contributed by atoms with Crippen LogP contribution in [-0.4, -0.2) is 23.9 Å². The Labute approximate surface area is 127 Å². The van der Waals surface area contributed by atoms with Crippen LogP contribution in [0.25, 0.3) is 0 Å². The molecule has 0 fully saturated rings. The summed E-state index contributed by atoms with van der Waals surface area (Å²) in [6.45, 7) is 9.32. The van der Waals surface area contributed by atoms with Crippen molar-refractivity contribution in [3.63, 3.8) is 0 Å². The maximum atomic E-state index is 12.3. The van der Waals surface area contributed by atoms with Gasteiger partial charge < -0.3 is 10.6 Å². The number of carbonyl (C=O) groups excluding carboxylic acids is 2. The first kappa shape index (κ1) is 17.2. The molecule has 0 aliphatic heterocycles. The predicted molar refractivity (Wildman–Crippen MR) is 84.8 cm³/mol. The van der Waals surface area contributed by atoms with Crippen LogP contribution >= 0.6 is 0 Å². The fourth-order valence-electron chi connectivity index (χ4n) is 1.82. The molecule has 0 spiro atoms. The van der Waals surface area contributed by atoms with Gasteiger partial charge in [-0.3, -0.25) is 9.59 Å². The number of hydrogen-bond donors (Lipinski definition) is 2. The zero-order valence-corrected chi connectivity index (χ0v) is 13.6. The normalized spacial score (nSPS) is 12.9. The summed E-state index contributed by atoms with van der Waals surface area (Å²) in [7, 11) is 0. The number of carbonyl (C=O) groups is 2. The number of amides is 2. The van der Waals surface area contributed by atoms with Gasteiger partial charge in [-0.1, -0.05) is 51.1 Å². The lowest BCUT2D eigenvalue weighted by Gasteiger charge is -2.24. The van der Waals surface area contributed by atoms with Crippen molar-refractivity contribution in [3.8, 4) is 0 Å². The van der Waals surface area contributed by atoms with Gasteiger partial charge in [0.15, 0.2) is 0 Å². The lowest BCUT2D eigenvalue weighted by atomic mass is 9.94. The summed E-state index contributed by atoms with van der Waals surface area (Å²) in [6, 6.07) is 9.19. The molecule has 2 amide bonds. The van der Waals surface area contributed by atoms with E-state index in [2.05, 4.69) is 10.6 Å². The van der Waals surface area contributed by atoms with E-state index in [1.807, 2.05) is 65.0 Å². The Morgan fingerprint density at radius 2 is 1.62 bits per heavy atom. The van der Waals surface area contributed by atoms with E-state index in [0.717, 1.165) is 5.56 Å². The number of rotatable bonds is 5. The van der Waals surface area contributed by atoms with E-state index in [0.29, 0.717) is 6.42 Å². The summed E-state index contributed by atoms with van der Waals surface area (Å²) in [5.74, 6) is -0.270. The van der Waals surface area contributed by atoms with Crippen LogP contribution in [0, 0.1) is 5.41 Å². The minimum atomic E-state index is -0.554. The first-order valence-electron chi connectivity index (χ1n) is 7.35. The van der Waals surface area contributed by atoms with Crippen LogP contribution in [0.2, 0.25) is 0 Å². The van der Waals surface area contributed by atoms with Gasteiger partial charge in [-0.2, -0.15) is 0 Å². The SMILES string of the molecule is CC(C)NC(=O)[C@H](Cc1ccccc1)NC(=O)C(C)(C)C. The van der Waals surface area contributed by atoms with Crippen molar-refractivity contribution in [2.45, 2.75) is 53.1 Å². The van der Waals surface area contributed by atoms with Gasteiger partial charge in [0.2, 0.25) is 11.8 Å². The van der Waals surface area contributed by atoms with E-state index in [1.165, 1.54) is 0 Å². The van der Waals surface area contributed by atoms with E-state index in [-0.39, 0.29) is 17.9 Å². The Kier molecular flexibility index (Phi) is 5.94. The van der Waals surface area contributed by atoms with Crippen LogP contribution in [0.1, 0.15) is 40.2 Å². The molecule has 0 radical (unpaired) electrons. The van der Waals surface area contributed by atoms with Crippen LogP contribution in [0.4, 0.5) is 0 Å². The number of hydrogen-bond acceptors (Lipinski definition) is 2. The molecule has 2 N–H and O–H groups in total. The standard InChI is InChI=1S/C17H26N2O2/c1-12(2)18-15(20)14(19-16(21)17(3,4)5)11-13-9-7-6-8-10-13/h6-10,12,14H,11H2,1-5H3,(H,18,20)(H,19,21)/t14-/m0/s1. The average Bonchev–Trinajstić information content (AvgIpc) is 2.37. The molecule has 116 valence electrons. The summed E-state index contributed by atoms with van der Waals surface area (Å²) in [4.78, 5) is 24.5. The van der Waals surface area contributed by atoms with Gasteiger partial charge in [0.1, 0.15) is 6.04 Å². The van der Waals surface area contributed by atoms with Crippen LogP contribution < -0.4 is 10.6 Å². The fraction of sp³-hybridized carbons (Fsp3) is 0.529. The minimum absolute atomic E-state index is 0.0438. The lowest BCUT2D eigenvalue weighted by molar-refractivity contribution is -0.133. The van der Waals surface area contributed by atoms with Gasteiger partial charge in [-0.15, -0.1) is 0 Å². The highest BCUT2D eigenvalue weighted by atomic mass is 16.2. The van der Waals surface area contributed by atoms with Crippen molar-refractivity contribution < 1.29 is 9.59 Å². The van der Waals surface area contributed by atoms with Gasteiger partial charge in [-0.25, -0.2) is 0 Å². The van der Waals surface area contributed by atoms with Crippen LogP contribution in [-0.2, 0) is 16.0 Å². The monoisotopic (exact) mass is 290 g/mol. The molecule has 0 saturated carbocycles. The Morgan fingerprint density at radius 3 is 2.10 bits per heavy atom. The average molecular weight is 290 g/mol. The molecule has 0 heterocycles. The van der Waals surface area contributed by atoms with Crippen molar-refractivity contribution in [2.75, 3.05) is 0 Å². The topological polar surface area (TPSA) is 58.2 Å². The van der Waals surface area contributed by atoms with Gasteiger partial charge in [0, 0.05) is 17.9 Å². The molecule has 1 rings (SSSR count). The maximum Gasteiger partial charge on any atom is 0.243 e. The van der Waals surface area contributed by atoms with Crippen LogP contribution in [0.5, 0.6) is 0 Å². The molecule has 0 unspecified atom stereocenters. The second kappa shape index (κ2) is 7.25. The van der Waals surface area contributed by atoms with Crippen molar-refractivity contribution >= 4 is 11.8 Å². The molecular formula is C17H26N2O2. The van der Waals surface area contributed by atoms with Gasteiger partial charge in [-0.05, 0) is 19.4 Å². The number of benzene rings is 1. The number of nitrogens with one attached hydrogen (secondary N) is 2. The van der Waals surface area contributed by atoms with Crippen LogP contribution in [0.15, 0.2) is 30.3 Å². The molecule has 4 nitrogen and oxygen atoms in total. The third kappa shape index (κ3) is 5.98. The molecule has 1 aromatic rings. The Hall–Kier alpha value is -1.84. The van der Waals surface area contributed by atoms with Crippen LogP contribution in [0.3, 0.4) is 0 Å². The molecule has 0 saturated heterocycles. The van der Waals surface area contributed by atoms with Crippen molar-refractivity contribution in [2.24, 2.45) is 5.41 Å². The molecule has 0 bridgehead atoms. The molecule has 4 heteroatoms. The van der Waals surface area contributed by atoms with E-state index >= 15 is 0 Å². The fourth-order valence-corrected chi connectivity index (χ4v) is 1.82. The third-order valence-electron chi connectivity index (χ3n) is 3.02. The summed E-state index contributed by atoms with van der Waals surface area (Å²) in [5.41, 5.74) is 0.503. The van der Waals surface area contributed by atoms with E-state index in [1.54, 1.807) is 0 Å². The molecule has 0 aliphatic carbocycles. The largest absolute Gasteiger partial charge is 0.352 e. The smallest absolute Gasteiger partial charge is 0.243 e. The summed E-state index contributed by atoms with van der Waals surface area (Å²) in [6.07, 6.45) is 0.487. The highest BCUT2D eigenvalue weighted by Gasteiger charge is 2.27. The Bertz CT molecular complexity index is 475. The van der Waals surface area contributed by atoms with Crippen molar-refractivity contribution in [1.82, 2.24) is 10.6 Å². The van der Waals surface area contributed by atoms with E-state index in [9.17, 15) is 9.59 Å². The second-order valence-corrected chi connectivity index (χ2v) is 6.63. The summed E-state index contributed by atoms with van der Waals surface area (Å²) < 4.78 is 0. The Morgan fingerprint density at radius 1 is 1.05 bits per heavy atom. The highest BCUT2D eigenvalue weighted by Crippen LogP contribution is 2.14. The molecule has 1 atom stereocenters. The Balaban J connectivity index is 2.84. The summed E-state index contributed by atoms with van der Waals surface area (Å²) >= 11 is 0. The molecule has 0 aromatic heterocycles. The van der Waals surface area contributed by atoms with E-state index in [4.69, 9.17) is 0 Å². The zero-order valence-electron chi connectivity index (χ0n) is 13.6. The first-order valence-corrected chi connectivity index (χ1v) is 7.35. The van der Waals surface area contributed by atoms with Gasteiger partial charge in [0.25, 0.3) is 0 Å². The van der Waals surface area contributed by atoms with Crippen molar-refractivity contribution in [1.29, 1.82) is 0 Å². The van der Waals surface area contributed by atoms with Crippen molar-refractivity contribution in [3.05, 3.63) is 35.9 Å². The lowest BCUT2D eigenvalue weighted by Crippen LogP contribution is -2.52. The quantitative estimate of drug-likeness (QED) is 0.874.